The minimum Gasteiger partial charge on any atom is -0.495 e. The van der Waals surface area contributed by atoms with Gasteiger partial charge in [-0.1, -0.05) is 24.1 Å². The van der Waals surface area contributed by atoms with E-state index >= 15 is 0 Å². The second kappa shape index (κ2) is 7.48. The Bertz CT molecular complexity index is 464. The summed E-state index contributed by atoms with van der Waals surface area (Å²) in [6, 6.07) is 7.01. The highest BCUT2D eigenvalue weighted by molar-refractivity contribution is 6.32. The van der Waals surface area contributed by atoms with Crippen LogP contribution < -0.4 is 10.5 Å². The van der Waals surface area contributed by atoms with Crippen LogP contribution in [-0.2, 0) is 0 Å². The highest BCUT2D eigenvalue weighted by Crippen LogP contribution is 2.38. The van der Waals surface area contributed by atoms with E-state index in [4.69, 9.17) is 22.1 Å². The van der Waals surface area contributed by atoms with Gasteiger partial charge in [0.1, 0.15) is 5.75 Å². The topological polar surface area (TPSA) is 38.5 Å². The maximum Gasteiger partial charge on any atom is 0.137 e. The number of ether oxygens (including phenoxy) is 1. The molecule has 0 aromatic heterocycles. The Hall–Kier alpha value is -0.770. The van der Waals surface area contributed by atoms with E-state index in [-0.39, 0.29) is 0 Å². The van der Waals surface area contributed by atoms with E-state index in [1.807, 2.05) is 6.07 Å². The monoisotopic (exact) mass is 310 g/mol. The molecule has 2 unspecified atom stereocenters. The predicted octanol–water partition coefficient (Wildman–Crippen LogP) is 3.86. The van der Waals surface area contributed by atoms with E-state index in [1.54, 1.807) is 7.11 Å². The number of nitrogens with zero attached hydrogens (tertiary/aromatic N) is 1. The fourth-order valence-electron chi connectivity index (χ4n) is 3.43. The van der Waals surface area contributed by atoms with Gasteiger partial charge in [-0.05, 0) is 63.4 Å². The van der Waals surface area contributed by atoms with Crippen LogP contribution >= 0.6 is 11.6 Å². The fraction of sp³-hybridized carbons (Fsp3) is 0.647. The Labute approximate surface area is 133 Å². The van der Waals surface area contributed by atoms with Crippen LogP contribution in [-0.4, -0.2) is 31.1 Å². The van der Waals surface area contributed by atoms with Crippen molar-refractivity contribution in [2.45, 2.75) is 45.2 Å². The quantitative estimate of drug-likeness (QED) is 0.917. The number of halogens is 1. The van der Waals surface area contributed by atoms with Crippen LogP contribution in [0.25, 0.3) is 0 Å². The van der Waals surface area contributed by atoms with Gasteiger partial charge in [-0.25, -0.2) is 0 Å². The highest BCUT2D eigenvalue weighted by Gasteiger charge is 2.32. The molecule has 2 atom stereocenters. The SMILES string of the molecule is COc1ccc(C2C(CN)CCCCN2C(C)C)cc1Cl. The number of rotatable bonds is 4. The zero-order valence-electron chi connectivity index (χ0n) is 13.3. The smallest absolute Gasteiger partial charge is 0.137 e. The summed E-state index contributed by atoms with van der Waals surface area (Å²) in [6.45, 7) is 6.37. The molecule has 118 valence electrons. The van der Waals surface area contributed by atoms with Crippen LogP contribution in [0.1, 0.15) is 44.7 Å². The molecule has 0 radical (unpaired) electrons. The first-order chi connectivity index (χ1) is 10.1. The third kappa shape index (κ3) is 3.71. The van der Waals surface area contributed by atoms with Crippen LogP contribution in [0, 0.1) is 5.92 Å². The summed E-state index contributed by atoms with van der Waals surface area (Å²) in [5.41, 5.74) is 7.33. The lowest BCUT2D eigenvalue weighted by molar-refractivity contribution is 0.121. The van der Waals surface area contributed by atoms with Crippen LogP contribution in [0.2, 0.25) is 5.02 Å². The zero-order chi connectivity index (χ0) is 15.4. The van der Waals surface area contributed by atoms with Gasteiger partial charge in [0, 0.05) is 12.1 Å². The van der Waals surface area contributed by atoms with E-state index in [0.717, 1.165) is 18.8 Å². The van der Waals surface area contributed by atoms with Gasteiger partial charge in [0.2, 0.25) is 0 Å². The lowest BCUT2D eigenvalue weighted by Crippen LogP contribution is -2.39. The van der Waals surface area contributed by atoms with Crippen LogP contribution in [0.5, 0.6) is 5.75 Å². The third-order valence-corrected chi connectivity index (χ3v) is 4.82. The normalized spacial score (nSPS) is 24.1. The molecule has 4 heteroatoms. The molecule has 1 fully saturated rings. The van der Waals surface area contributed by atoms with Crippen molar-refractivity contribution in [3.63, 3.8) is 0 Å². The molecule has 1 heterocycles. The van der Waals surface area contributed by atoms with Gasteiger partial charge in [-0.3, -0.25) is 4.90 Å². The number of hydrogen-bond acceptors (Lipinski definition) is 3. The molecule has 0 amide bonds. The summed E-state index contributed by atoms with van der Waals surface area (Å²) < 4.78 is 5.27. The lowest BCUT2D eigenvalue weighted by atomic mass is 9.88. The molecule has 2 rings (SSSR count). The van der Waals surface area contributed by atoms with E-state index in [1.165, 1.54) is 24.8 Å². The van der Waals surface area contributed by atoms with Gasteiger partial charge < -0.3 is 10.5 Å². The number of methoxy groups -OCH3 is 1. The average Bonchev–Trinajstić information content (AvgIpc) is 2.69. The average molecular weight is 311 g/mol. The maximum atomic E-state index is 6.33. The van der Waals surface area contributed by atoms with Crippen molar-refractivity contribution >= 4 is 11.6 Å². The van der Waals surface area contributed by atoms with Gasteiger partial charge in [0.05, 0.1) is 12.1 Å². The molecule has 21 heavy (non-hydrogen) atoms. The number of benzene rings is 1. The van der Waals surface area contributed by atoms with Crippen molar-refractivity contribution in [3.05, 3.63) is 28.8 Å². The maximum absolute atomic E-state index is 6.33. The predicted molar refractivity (Wildman–Crippen MR) is 89.0 cm³/mol. The number of nitrogens with two attached hydrogens (primary N) is 1. The Morgan fingerprint density at radius 2 is 2.14 bits per heavy atom. The first-order valence-corrected chi connectivity index (χ1v) is 8.25. The largest absolute Gasteiger partial charge is 0.495 e. The van der Waals surface area contributed by atoms with Crippen molar-refractivity contribution in [3.8, 4) is 5.75 Å². The summed E-state index contributed by atoms with van der Waals surface area (Å²) in [5, 5.41) is 0.679. The summed E-state index contributed by atoms with van der Waals surface area (Å²) in [6.07, 6.45) is 3.69. The molecule has 2 N–H and O–H groups in total. The number of hydrogen-bond donors (Lipinski definition) is 1. The van der Waals surface area contributed by atoms with Crippen molar-refractivity contribution in [1.29, 1.82) is 0 Å². The van der Waals surface area contributed by atoms with Crippen molar-refractivity contribution in [1.82, 2.24) is 4.90 Å². The van der Waals surface area contributed by atoms with Gasteiger partial charge in [-0.2, -0.15) is 0 Å². The Morgan fingerprint density at radius 3 is 2.71 bits per heavy atom. The second-order valence-corrected chi connectivity index (χ2v) is 6.57. The first-order valence-electron chi connectivity index (χ1n) is 7.87. The number of likely N-dealkylation sites (tertiary alicyclic amines) is 1. The van der Waals surface area contributed by atoms with Crippen LogP contribution in [0.3, 0.4) is 0 Å². The minimum atomic E-state index is 0.348. The van der Waals surface area contributed by atoms with Gasteiger partial charge in [-0.15, -0.1) is 0 Å². The Balaban J connectivity index is 2.39. The minimum absolute atomic E-state index is 0.348. The molecule has 1 aliphatic heterocycles. The Morgan fingerprint density at radius 1 is 1.38 bits per heavy atom. The van der Waals surface area contributed by atoms with Crippen molar-refractivity contribution in [2.24, 2.45) is 11.7 Å². The summed E-state index contributed by atoms with van der Waals surface area (Å²) in [5.74, 6) is 1.22. The van der Waals surface area contributed by atoms with Gasteiger partial charge >= 0.3 is 0 Å². The molecule has 0 spiro atoms. The first kappa shape index (κ1) is 16.6. The summed E-state index contributed by atoms with van der Waals surface area (Å²) in [4.78, 5) is 2.57. The molecule has 0 bridgehead atoms. The van der Waals surface area contributed by atoms with Gasteiger partial charge in [0.25, 0.3) is 0 Å². The third-order valence-electron chi connectivity index (χ3n) is 4.53. The Kier molecular flexibility index (Phi) is 5.91. The van der Waals surface area contributed by atoms with E-state index in [9.17, 15) is 0 Å². The van der Waals surface area contributed by atoms with Gasteiger partial charge in [0.15, 0.2) is 0 Å². The van der Waals surface area contributed by atoms with E-state index in [2.05, 4.69) is 30.9 Å². The molecule has 0 aliphatic carbocycles. The van der Waals surface area contributed by atoms with Crippen LogP contribution in [0.15, 0.2) is 18.2 Å². The second-order valence-electron chi connectivity index (χ2n) is 6.16. The van der Waals surface area contributed by atoms with E-state index < -0.39 is 0 Å². The lowest BCUT2D eigenvalue weighted by Gasteiger charge is -2.38. The zero-order valence-corrected chi connectivity index (χ0v) is 14.1. The molecule has 0 saturated carbocycles. The molecule has 1 saturated heterocycles. The van der Waals surface area contributed by atoms with Crippen molar-refractivity contribution in [2.75, 3.05) is 20.2 Å². The van der Waals surface area contributed by atoms with Crippen LogP contribution in [0.4, 0.5) is 0 Å². The van der Waals surface area contributed by atoms with Crippen molar-refractivity contribution < 1.29 is 4.74 Å². The molecular weight excluding hydrogens is 284 g/mol. The molecule has 1 aromatic rings. The standard InChI is InChI=1S/C17H27ClN2O/c1-12(2)20-9-5-4-6-14(11-19)17(20)13-7-8-16(21-3)15(18)10-13/h7-8,10,12,14,17H,4-6,9,11,19H2,1-3H3. The molecule has 1 aromatic carbocycles. The summed E-state index contributed by atoms with van der Waals surface area (Å²) in [7, 11) is 1.65. The molecule has 3 nitrogen and oxygen atoms in total. The molecular formula is C17H27ClN2O. The summed E-state index contributed by atoms with van der Waals surface area (Å²) >= 11 is 6.33. The molecule has 1 aliphatic rings. The fourth-order valence-corrected chi connectivity index (χ4v) is 3.69. The van der Waals surface area contributed by atoms with E-state index in [0.29, 0.717) is 23.0 Å². The highest BCUT2D eigenvalue weighted by atomic mass is 35.5.